The highest BCUT2D eigenvalue weighted by atomic mass is 127. The molecule has 30 heavy (non-hydrogen) atoms. The van der Waals surface area contributed by atoms with Crippen molar-refractivity contribution in [2.75, 3.05) is 58.9 Å². The number of guanidine groups is 1. The van der Waals surface area contributed by atoms with Crippen molar-refractivity contribution in [1.29, 1.82) is 0 Å². The Kier molecular flexibility index (Phi) is 12.3. The fourth-order valence-corrected chi connectivity index (χ4v) is 3.82. The Morgan fingerprint density at radius 1 is 1.13 bits per heavy atom. The van der Waals surface area contributed by atoms with Crippen LogP contribution in [0.5, 0.6) is 0 Å². The van der Waals surface area contributed by atoms with Crippen molar-refractivity contribution < 1.29 is 9.52 Å². The molecule has 0 saturated carbocycles. The summed E-state index contributed by atoms with van der Waals surface area (Å²) < 4.78 is 5.56. The van der Waals surface area contributed by atoms with Crippen molar-refractivity contribution in [3.05, 3.63) is 23.2 Å². The van der Waals surface area contributed by atoms with Gasteiger partial charge in [-0.3, -0.25) is 0 Å². The summed E-state index contributed by atoms with van der Waals surface area (Å²) in [5, 5.41) is 17.5. The molecule has 8 heteroatoms. The summed E-state index contributed by atoms with van der Waals surface area (Å²) in [6.45, 7) is 18.9. The third-order valence-corrected chi connectivity index (χ3v) is 5.62. The van der Waals surface area contributed by atoms with Crippen molar-refractivity contribution in [3.8, 4) is 0 Å². The molecule has 2 rings (SSSR count). The van der Waals surface area contributed by atoms with Crippen LogP contribution < -0.4 is 10.6 Å². The highest BCUT2D eigenvalue weighted by molar-refractivity contribution is 14.0. The zero-order valence-corrected chi connectivity index (χ0v) is 21.8. The molecule has 1 aromatic rings. The fourth-order valence-electron chi connectivity index (χ4n) is 3.82. The van der Waals surface area contributed by atoms with Gasteiger partial charge in [-0.05, 0) is 59.7 Å². The van der Waals surface area contributed by atoms with Gasteiger partial charge in [0.25, 0.3) is 0 Å². The number of unbranched alkanes of at least 4 members (excludes halogenated alkanes) is 1. The third kappa shape index (κ3) is 8.72. The van der Waals surface area contributed by atoms with Gasteiger partial charge in [-0.25, -0.2) is 4.99 Å². The molecule has 174 valence electrons. The average molecular weight is 536 g/mol. The first-order valence-corrected chi connectivity index (χ1v) is 11.1. The number of aliphatic imine (C=N–C) groups is 1. The highest BCUT2D eigenvalue weighted by Gasteiger charge is 2.27. The van der Waals surface area contributed by atoms with E-state index in [2.05, 4.69) is 39.3 Å². The number of nitrogens with one attached hydrogen (secondary N) is 2. The lowest BCUT2D eigenvalue weighted by Gasteiger charge is -2.34. The fraction of sp³-hybridized carbons (Fsp3) is 0.773. The van der Waals surface area contributed by atoms with E-state index < -0.39 is 5.60 Å². The standard InChI is InChI=1S/C22H41N5O2.HI/c1-6-23-21(25-17-22(5,28)20-16-18(3)29-19(20)4)24-10-8-9-11-27-14-12-26(7-2)13-15-27;/h16,28H,6-15,17H2,1-5H3,(H2,23,24,25);1H. The van der Waals surface area contributed by atoms with E-state index in [1.54, 1.807) is 6.92 Å². The Bertz CT molecular complexity index is 639. The molecule has 7 nitrogen and oxygen atoms in total. The Hall–Kier alpha value is -0.840. The van der Waals surface area contributed by atoms with Crippen LogP contribution in [0.3, 0.4) is 0 Å². The summed E-state index contributed by atoms with van der Waals surface area (Å²) in [7, 11) is 0. The van der Waals surface area contributed by atoms with Crippen LogP contribution in [0.15, 0.2) is 15.5 Å². The molecule has 2 heterocycles. The van der Waals surface area contributed by atoms with Gasteiger partial charge in [0.2, 0.25) is 0 Å². The molecule has 0 amide bonds. The molecule has 0 aromatic carbocycles. The predicted octanol–water partition coefficient (Wildman–Crippen LogP) is 2.69. The molecular weight excluding hydrogens is 493 g/mol. The first-order chi connectivity index (χ1) is 13.9. The summed E-state index contributed by atoms with van der Waals surface area (Å²) in [5.74, 6) is 2.31. The molecule has 3 N–H and O–H groups in total. The van der Waals surface area contributed by atoms with Gasteiger partial charge >= 0.3 is 0 Å². The molecule has 1 unspecified atom stereocenters. The summed E-state index contributed by atoms with van der Waals surface area (Å²) in [4.78, 5) is 9.68. The second kappa shape index (κ2) is 13.5. The average Bonchev–Trinajstić information content (AvgIpc) is 3.05. The van der Waals surface area contributed by atoms with Gasteiger partial charge in [-0.1, -0.05) is 6.92 Å². The predicted molar refractivity (Wildman–Crippen MR) is 135 cm³/mol. The number of halogens is 1. The van der Waals surface area contributed by atoms with E-state index in [0.717, 1.165) is 49.1 Å². The summed E-state index contributed by atoms with van der Waals surface area (Å²) in [6, 6.07) is 1.89. The smallest absolute Gasteiger partial charge is 0.191 e. The van der Waals surface area contributed by atoms with Crippen LogP contribution in [0.4, 0.5) is 0 Å². The monoisotopic (exact) mass is 535 g/mol. The molecule has 1 aromatic heterocycles. The molecule has 1 fully saturated rings. The zero-order valence-electron chi connectivity index (χ0n) is 19.5. The van der Waals surface area contributed by atoms with Crippen molar-refractivity contribution in [1.82, 2.24) is 20.4 Å². The second-order valence-electron chi connectivity index (χ2n) is 8.21. The first kappa shape index (κ1) is 27.2. The topological polar surface area (TPSA) is 76.3 Å². The van der Waals surface area contributed by atoms with E-state index in [1.165, 1.54) is 39.1 Å². The highest BCUT2D eigenvalue weighted by Crippen LogP contribution is 2.27. The molecule has 1 aliphatic rings. The van der Waals surface area contributed by atoms with Crippen molar-refractivity contribution >= 4 is 29.9 Å². The van der Waals surface area contributed by atoms with E-state index in [0.29, 0.717) is 0 Å². The number of likely N-dealkylation sites (N-methyl/N-ethyl adjacent to an activating group) is 1. The maximum Gasteiger partial charge on any atom is 0.191 e. The minimum Gasteiger partial charge on any atom is -0.466 e. The summed E-state index contributed by atoms with van der Waals surface area (Å²) in [5.41, 5.74) is -0.247. The third-order valence-electron chi connectivity index (χ3n) is 5.62. The maximum atomic E-state index is 10.9. The van der Waals surface area contributed by atoms with Gasteiger partial charge in [0.1, 0.15) is 17.1 Å². The molecule has 0 bridgehead atoms. The van der Waals surface area contributed by atoms with E-state index in [1.807, 2.05) is 19.9 Å². The summed E-state index contributed by atoms with van der Waals surface area (Å²) in [6.07, 6.45) is 2.29. The first-order valence-electron chi connectivity index (χ1n) is 11.1. The lowest BCUT2D eigenvalue weighted by molar-refractivity contribution is 0.0657. The Labute approximate surface area is 199 Å². The Morgan fingerprint density at radius 2 is 1.80 bits per heavy atom. The van der Waals surface area contributed by atoms with Gasteiger partial charge in [-0.15, -0.1) is 24.0 Å². The molecule has 1 atom stereocenters. The number of piperazine rings is 1. The number of aliphatic hydroxyl groups is 1. The molecule has 1 saturated heterocycles. The minimum atomic E-state index is -1.05. The lowest BCUT2D eigenvalue weighted by Crippen LogP contribution is -2.46. The van der Waals surface area contributed by atoms with Crippen molar-refractivity contribution in [2.45, 2.75) is 53.1 Å². The quantitative estimate of drug-likeness (QED) is 0.185. The number of furan rings is 1. The van der Waals surface area contributed by atoms with E-state index in [9.17, 15) is 5.11 Å². The summed E-state index contributed by atoms with van der Waals surface area (Å²) >= 11 is 0. The van der Waals surface area contributed by atoms with Crippen LogP contribution in [0.2, 0.25) is 0 Å². The molecule has 0 radical (unpaired) electrons. The van der Waals surface area contributed by atoms with Gasteiger partial charge in [0, 0.05) is 44.8 Å². The Morgan fingerprint density at radius 3 is 2.37 bits per heavy atom. The molecular formula is C22H42IN5O2. The second-order valence-corrected chi connectivity index (χ2v) is 8.21. The van der Waals surface area contributed by atoms with E-state index >= 15 is 0 Å². The normalized spacial score (nSPS) is 18.0. The van der Waals surface area contributed by atoms with Gasteiger partial charge in [0.15, 0.2) is 5.96 Å². The largest absolute Gasteiger partial charge is 0.466 e. The zero-order chi connectivity index (χ0) is 21.3. The molecule has 0 spiro atoms. The van der Waals surface area contributed by atoms with Crippen LogP contribution in [0, 0.1) is 13.8 Å². The molecule has 1 aliphatic heterocycles. The van der Waals surface area contributed by atoms with Gasteiger partial charge in [-0.2, -0.15) is 0 Å². The van der Waals surface area contributed by atoms with Crippen LogP contribution in [-0.4, -0.2) is 79.8 Å². The number of hydrogen-bond acceptors (Lipinski definition) is 5. The number of rotatable bonds is 10. The van der Waals surface area contributed by atoms with Crippen LogP contribution in [-0.2, 0) is 5.60 Å². The Balaban J connectivity index is 0.00000450. The van der Waals surface area contributed by atoms with E-state index in [4.69, 9.17) is 4.42 Å². The SMILES string of the molecule is CCNC(=NCC(C)(O)c1cc(C)oc1C)NCCCCN1CCN(CC)CC1.I. The minimum absolute atomic E-state index is 0. The number of aryl methyl sites for hydroxylation is 2. The van der Waals surface area contributed by atoms with Crippen molar-refractivity contribution in [3.63, 3.8) is 0 Å². The van der Waals surface area contributed by atoms with Crippen LogP contribution in [0.1, 0.15) is 50.7 Å². The van der Waals surface area contributed by atoms with Crippen LogP contribution >= 0.6 is 24.0 Å². The lowest BCUT2D eigenvalue weighted by atomic mass is 9.96. The van der Waals surface area contributed by atoms with E-state index in [-0.39, 0.29) is 30.5 Å². The van der Waals surface area contributed by atoms with Gasteiger partial charge < -0.3 is 30.0 Å². The van der Waals surface area contributed by atoms with Crippen molar-refractivity contribution in [2.24, 2.45) is 4.99 Å². The molecule has 0 aliphatic carbocycles. The maximum absolute atomic E-state index is 10.9. The van der Waals surface area contributed by atoms with Crippen LogP contribution in [0.25, 0.3) is 0 Å². The number of hydrogen-bond donors (Lipinski definition) is 3. The van der Waals surface area contributed by atoms with Gasteiger partial charge in [0.05, 0.1) is 6.54 Å². The number of nitrogens with zero attached hydrogens (tertiary/aromatic N) is 3.